The lowest BCUT2D eigenvalue weighted by Crippen LogP contribution is -2.49. The summed E-state index contributed by atoms with van der Waals surface area (Å²) < 4.78 is 22.1. The molecule has 2 atom stereocenters. The van der Waals surface area contributed by atoms with Gasteiger partial charge in [0, 0.05) is 18.4 Å². The first kappa shape index (κ1) is 14.5. The molecule has 0 fully saturated rings. The average Bonchev–Trinajstić information content (AvgIpc) is 2.57. The Morgan fingerprint density at radius 1 is 1.44 bits per heavy atom. The van der Waals surface area contributed by atoms with Gasteiger partial charge in [0.05, 0.1) is 11.8 Å². The van der Waals surface area contributed by atoms with Crippen molar-refractivity contribution in [2.24, 2.45) is 0 Å². The number of aliphatic hydroxyl groups is 1. The molecule has 4 N–H and O–H groups in total. The number of aliphatic hydroxyl groups excluding tert-OH is 1. The van der Waals surface area contributed by atoms with Crippen LogP contribution in [-0.4, -0.2) is 55.1 Å². The molecule has 0 saturated carbocycles. The van der Waals surface area contributed by atoms with E-state index in [9.17, 15) is 18.0 Å². The Morgan fingerprint density at radius 2 is 2.11 bits per heavy atom. The predicted octanol–water partition coefficient (Wildman–Crippen LogP) is -1.57. The molecule has 0 spiro atoms. The van der Waals surface area contributed by atoms with Gasteiger partial charge in [0.1, 0.15) is 6.04 Å². The van der Waals surface area contributed by atoms with Gasteiger partial charge >= 0.3 is 12.0 Å². The van der Waals surface area contributed by atoms with E-state index in [1.54, 1.807) is 0 Å². The Balaban J connectivity index is 2.47. The first-order valence-electron chi connectivity index (χ1n) is 5.15. The average molecular weight is 278 g/mol. The van der Waals surface area contributed by atoms with E-state index < -0.39 is 33.9 Å². The number of urea groups is 1. The summed E-state index contributed by atoms with van der Waals surface area (Å²) in [5.41, 5.74) is 0. The van der Waals surface area contributed by atoms with Gasteiger partial charge in [0.15, 0.2) is 9.84 Å². The van der Waals surface area contributed by atoms with Crippen molar-refractivity contribution in [1.29, 1.82) is 0 Å². The van der Waals surface area contributed by atoms with Crippen LogP contribution in [0.4, 0.5) is 4.79 Å². The van der Waals surface area contributed by atoms with Crippen molar-refractivity contribution in [2.75, 3.05) is 12.4 Å². The first-order valence-corrected chi connectivity index (χ1v) is 6.87. The molecule has 1 aliphatic heterocycles. The monoisotopic (exact) mass is 278 g/mol. The third-order valence-corrected chi connectivity index (χ3v) is 3.66. The lowest BCUT2D eigenvalue weighted by atomic mass is 10.2. The number of sulfone groups is 1. The molecule has 8 nitrogen and oxygen atoms in total. The number of carbonyl (C=O) groups is 2. The Kier molecular flexibility index (Phi) is 4.68. The molecule has 102 valence electrons. The summed E-state index contributed by atoms with van der Waals surface area (Å²) in [6, 6.07) is -2.67. The van der Waals surface area contributed by atoms with Crippen LogP contribution in [0, 0.1) is 0 Å². The maximum Gasteiger partial charge on any atom is 0.326 e. The standard InChI is InChI=1S/C9H14N2O6S/c12-3-1-7(8(13)14)11-9(15)10-6-2-4-18(16,17)5-6/h2,4,6-7,12H,1,3,5H2,(H,13,14)(H2,10,11,15). The van der Waals surface area contributed by atoms with Gasteiger partial charge < -0.3 is 20.8 Å². The molecule has 18 heavy (non-hydrogen) atoms. The van der Waals surface area contributed by atoms with E-state index >= 15 is 0 Å². The summed E-state index contributed by atoms with van der Waals surface area (Å²) in [6.07, 6.45) is 1.19. The molecule has 0 aliphatic carbocycles. The summed E-state index contributed by atoms with van der Waals surface area (Å²) in [5, 5.41) is 22.8. The zero-order chi connectivity index (χ0) is 13.8. The quantitative estimate of drug-likeness (QED) is 0.480. The summed E-state index contributed by atoms with van der Waals surface area (Å²) in [5.74, 6) is -1.51. The lowest BCUT2D eigenvalue weighted by Gasteiger charge is -2.16. The molecule has 0 saturated heterocycles. The van der Waals surface area contributed by atoms with Gasteiger partial charge in [-0.2, -0.15) is 0 Å². The van der Waals surface area contributed by atoms with Crippen LogP contribution < -0.4 is 10.6 Å². The van der Waals surface area contributed by atoms with E-state index in [4.69, 9.17) is 10.2 Å². The van der Waals surface area contributed by atoms with Crippen LogP contribution in [0.1, 0.15) is 6.42 Å². The normalized spacial score (nSPS) is 22.4. The van der Waals surface area contributed by atoms with Crippen LogP contribution in [0.5, 0.6) is 0 Å². The maximum absolute atomic E-state index is 11.4. The van der Waals surface area contributed by atoms with Gasteiger partial charge in [0.25, 0.3) is 0 Å². The molecule has 0 aromatic heterocycles. The molecule has 2 amide bonds. The minimum Gasteiger partial charge on any atom is -0.480 e. The van der Waals surface area contributed by atoms with Crippen LogP contribution in [0.25, 0.3) is 0 Å². The van der Waals surface area contributed by atoms with Crippen LogP contribution in [0.2, 0.25) is 0 Å². The first-order chi connectivity index (χ1) is 8.34. The van der Waals surface area contributed by atoms with Gasteiger partial charge in [-0.25, -0.2) is 18.0 Å². The van der Waals surface area contributed by atoms with Crippen LogP contribution in [0.15, 0.2) is 11.5 Å². The van der Waals surface area contributed by atoms with E-state index in [1.165, 1.54) is 6.08 Å². The number of aliphatic carboxylic acids is 1. The third-order valence-electron chi connectivity index (χ3n) is 2.27. The highest BCUT2D eigenvalue weighted by atomic mass is 32.2. The maximum atomic E-state index is 11.4. The molecule has 0 bridgehead atoms. The molecule has 0 radical (unpaired) electrons. The summed E-state index contributed by atoms with van der Waals surface area (Å²) in [7, 11) is -3.28. The van der Waals surface area contributed by atoms with Crippen molar-refractivity contribution in [3.8, 4) is 0 Å². The number of hydrogen-bond donors (Lipinski definition) is 4. The second-order valence-corrected chi connectivity index (χ2v) is 5.72. The Labute approximate surface area is 104 Å². The van der Waals surface area contributed by atoms with E-state index in [2.05, 4.69) is 10.6 Å². The zero-order valence-corrected chi connectivity index (χ0v) is 10.2. The van der Waals surface area contributed by atoms with Crippen molar-refractivity contribution in [1.82, 2.24) is 10.6 Å². The molecule has 2 unspecified atom stereocenters. The number of carboxylic acids is 1. The minimum absolute atomic E-state index is 0.123. The molecule has 9 heteroatoms. The predicted molar refractivity (Wildman–Crippen MR) is 61.5 cm³/mol. The van der Waals surface area contributed by atoms with Crippen LogP contribution in [-0.2, 0) is 14.6 Å². The lowest BCUT2D eigenvalue weighted by molar-refractivity contribution is -0.139. The number of amides is 2. The second kappa shape index (κ2) is 5.83. The Hall–Kier alpha value is -1.61. The fourth-order valence-corrected chi connectivity index (χ4v) is 2.66. The third kappa shape index (κ3) is 4.34. The van der Waals surface area contributed by atoms with E-state index in [-0.39, 0.29) is 18.8 Å². The number of nitrogens with one attached hydrogen (secondary N) is 2. The number of carbonyl (C=O) groups excluding carboxylic acids is 1. The largest absolute Gasteiger partial charge is 0.480 e. The van der Waals surface area contributed by atoms with Crippen molar-refractivity contribution in [3.05, 3.63) is 11.5 Å². The molecule has 1 aliphatic rings. The highest BCUT2D eigenvalue weighted by molar-refractivity contribution is 7.94. The minimum atomic E-state index is -3.28. The molecule has 1 heterocycles. The van der Waals surface area contributed by atoms with Crippen molar-refractivity contribution in [3.63, 3.8) is 0 Å². The fraction of sp³-hybridized carbons (Fsp3) is 0.556. The SMILES string of the molecule is O=C(NC1C=CS(=O)(=O)C1)NC(CCO)C(=O)O. The van der Waals surface area contributed by atoms with Gasteiger partial charge in [-0.1, -0.05) is 0 Å². The highest BCUT2D eigenvalue weighted by Gasteiger charge is 2.25. The Morgan fingerprint density at radius 3 is 2.56 bits per heavy atom. The number of rotatable bonds is 5. The highest BCUT2D eigenvalue weighted by Crippen LogP contribution is 2.07. The zero-order valence-electron chi connectivity index (χ0n) is 9.37. The van der Waals surface area contributed by atoms with Gasteiger partial charge in [-0.3, -0.25) is 0 Å². The van der Waals surface area contributed by atoms with E-state index in [0.29, 0.717) is 0 Å². The Bertz CT molecular complexity index is 458. The summed E-state index contributed by atoms with van der Waals surface area (Å²) in [6.45, 7) is -0.380. The van der Waals surface area contributed by atoms with Crippen molar-refractivity contribution < 1.29 is 28.2 Å². The van der Waals surface area contributed by atoms with E-state index in [1.807, 2.05) is 0 Å². The molecular formula is C9H14N2O6S. The molecule has 0 aromatic carbocycles. The number of hydrogen-bond acceptors (Lipinski definition) is 5. The van der Waals surface area contributed by atoms with Crippen molar-refractivity contribution in [2.45, 2.75) is 18.5 Å². The van der Waals surface area contributed by atoms with Crippen LogP contribution in [0.3, 0.4) is 0 Å². The van der Waals surface area contributed by atoms with Crippen LogP contribution >= 0.6 is 0 Å². The second-order valence-electron chi connectivity index (χ2n) is 3.79. The summed E-state index contributed by atoms with van der Waals surface area (Å²) >= 11 is 0. The molecule has 0 aromatic rings. The topological polar surface area (TPSA) is 133 Å². The fourth-order valence-electron chi connectivity index (χ4n) is 1.42. The van der Waals surface area contributed by atoms with Crippen molar-refractivity contribution >= 4 is 21.8 Å². The van der Waals surface area contributed by atoms with Gasteiger partial charge in [-0.15, -0.1) is 0 Å². The van der Waals surface area contributed by atoms with Gasteiger partial charge in [0.2, 0.25) is 0 Å². The summed E-state index contributed by atoms with van der Waals surface area (Å²) in [4.78, 5) is 22.1. The molecule has 1 rings (SSSR count). The molecular weight excluding hydrogens is 264 g/mol. The number of carboxylic acid groups (broad SMARTS) is 1. The smallest absolute Gasteiger partial charge is 0.326 e. The van der Waals surface area contributed by atoms with E-state index in [0.717, 1.165) is 5.41 Å². The van der Waals surface area contributed by atoms with Gasteiger partial charge in [-0.05, 0) is 6.08 Å².